The number of hydrogen-bond donors (Lipinski definition) is 1. The molecule has 0 saturated heterocycles. The lowest BCUT2D eigenvalue weighted by Crippen LogP contribution is -2.26. The average Bonchev–Trinajstić information content (AvgIpc) is 2.83. The molecule has 0 radical (unpaired) electrons. The van der Waals surface area contributed by atoms with Gasteiger partial charge in [-0.25, -0.2) is 14.0 Å². The van der Waals surface area contributed by atoms with E-state index in [-0.39, 0.29) is 16.8 Å². The summed E-state index contributed by atoms with van der Waals surface area (Å²) in [4.78, 5) is 48.0. The summed E-state index contributed by atoms with van der Waals surface area (Å²) >= 11 is 0. The molecule has 10 heteroatoms. The van der Waals surface area contributed by atoms with Crippen molar-refractivity contribution in [3.8, 4) is 0 Å². The molecule has 33 heavy (non-hydrogen) atoms. The van der Waals surface area contributed by atoms with Crippen LogP contribution in [0.2, 0.25) is 0 Å². The first-order valence-electron chi connectivity index (χ1n) is 9.48. The summed E-state index contributed by atoms with van der Waals surface area (Å²) in [5.74, 6) is -3.20. The minimum atomic E-state index is -1.44. The van der Waals surface area contributed by atoms with Crippen LogP contribution in [0.4, 0.5) is 15.8 Å². The Balaban J connectivity index is 1.92. The number of nitrogens with zero attached hydrogens (tertiary/aromatic N) is 1. The van der Waals surface area contributed by atoms with E-state index in [1.807, 2.05) is 0 Å². The molecule has 0 fully saturated rings. The number of hydrogen-bond acceptors (Lipinski definition) is 7. The van der Waals surface area contributed by atoms with E-state index in [1.54, 1.807) is 30.3 Å². The zero-order valence-corrected chi connectivity index (χ0v) is 17.2. The quantitative estimate of drug-likeness (QED) is 0.326. The number of esters is 2. The molecule has 0 spiro atoms. The third-order valence-corrected chi connectivity index (χ3v) is 4.46. The van der Waals surface area contributed by atoms with Crippen molar-refractivity contribution in [2.75, 3.05) is 12.4 Å². The predicted octanol–water partition coefficient (Wildman–Crippen LogP) is 4.06. The van der Waals surface area contributed by atoms with E-state index in [9.17, 15) is 28.9 Å². The summed E-state index contributed by atoms with van der Waals surface area (Å²) in [5, 5.41) is 13.8. The van der Waals surface area contributed by atoms with Crippen molar-refractivity contribution in [2.45, 2.75) is 6.10 Å². The Bertz CT molecular complexity index is 1200. The highest BCUT2D eigenvalue weighted by atomic mass is 19.1. The minimum absolute atomic E-state index is 0.231. The number of anilines is 1. The number of carbonyl (C=O) groups excluding carboxylic acids is 3. The van der Waals surface area contributed by atoms with Gasteiger partial charge in [0.1, 0.15) is 5.82 Å². The summed E-state index contributed by atoms with van der Waals surface area (Å²) in [6, 6.07) is 16.0. The predicted molar refractivity (Wildman–Crippen MR) is 114 cm³/mol. The lowest BCUT2D eigenvalue weighted by molar-refractivity contribution is -0.384. The molecule has 9 nitrogen and oxygen atoms in total. The lowest BCUT2D eigenvalue weighted by atomic mass is 10.1. The normalized spacial score (nSPS) is 11.2. The SMILES string of the molecule is COC(=O)c1cc(C(=O)OC(C(=O)Nc2ccc(F)cc2)c2ccccc2)cc([N+](=O)[O-])c1. The summed E-state index contributed by atoms with van der Waals surface area (Å²) in [6.07, 6.45) is -1.44. The van der Waals surface area contributed by atoms with E-state index >= 15 is 0 Å². The molecule has 0 aliphatic carbocycles. The molecule has 0 saturated carbocycles. The van der Waals surface area contributed by atoms with Crippen molar-refractivity contribution >= 4 is 29.2 Å². The van der Waals surface area contributed by atoms with E-state index in [0.29, 0.717) is 5.56 Å². The van der Waals surface area contributed by atoms with E-state index in [0.717, 1.165) is 37.4 Å². The number of benzene rings is 3. The Kier molecular flexibility index (Phi) is 7.09. The maximum atomic E-state index is 13.1. The van der Waals surface area contributed by atoms with Crippen molar-refractivity contribution in [3.05, 3.63) is 105 Å². The summed E-state index contributed by atoms with van der Waals surface area (Å²) in [7, 11) is 1.09. The summed E-state index contributed by atoms with van der Waals surface area (Å²) < 4.78 is 23.1. The second-order valence-corrected chi connectivity index (χ2v) is 6.71. The lowest BCUT2D eigenvalue weighted by Gasteiger charge is -2.18. The second kappa shape index (κ2) is 10.1. The van der Waals surface area contributed by atoms with Crippen molar-refractivity contribution in [3.63, 3.8) is 0 Å². The molecule has 3 aromatic carbocycles. The van der Waals surface area contributed by atoms with Crippen LogP contribution < -0.4 is 5.32 Å². The standard InChI is InChI=1S/C23H17FN2O7/c1-32-22(28)15-11-16(13-19(12-15)26(30)31)23(29)33-20(14-5-3-2-4-6-14)21(27)25-18-9-7-17(24)8-10-18/h2-13,20H,1H3,(H,25,27). The van der Waals surface area contributed by atoms with Crippen LogP contribution in [-0.4, -0.2) is 29.9 Å². The number of rotatable bonds is 7. The number of methoxy groups -OCH3 is 1. The minimum Gasteiger partial charge on any atom is -0.465 e. The number of amides is 1. The molecule has 1 unspecified atom stereocenters. The zero-order valence-electron chi connectivity index (χ0n) is 17.2. The van der Waals surface area contributed by atoms with Gasteiger partial charge in [-0.2, -0.15) is 0 Å². The molecular formula is C23H17FN2O7. The highest BCUT2D eigenvalue weighted by molar-refractivity contribution is 6.00. The number of nitrogens with one attached hydrogen (secondary N) is 1. The molecule has 3 aromatic rings. The van der Waals surface area contributed by atoms with Gasteiger partial charge in [-0.1, -0.05) is 30.3 Å². The highest BCUT2D eigenvalue weighted by Gasteiger charge is 2.27. The summed E-state index contributed by atoms with van der Waals surface area (Å²) in [5.41, 5.74) is -0.492. The van der Waals surface area contributed by atoms with Gasteiger partial charge in [0.05, 0.1) is 23.2 Å². The highest BCUT2D eigenvalue weighted by Crippen LogP contribution is 2.24. The number of carbonyl (C=O) groups is 3. The molecule has 168 valence electrons. The fourth-order valence-electron chi connectivity index (χ4n) is 2.89. The number of ether oxygens (including phenoxy) is 2. The van der Waals surface area contributed by atoms with Gasteiger partial charge in [0, 0.05) is 23.4 Å². The van der Waals surface area contributed by atoms with E-state index in [1.165, 1.54) is 12.1 Å². The van der Waals surface area contributed by atoms with Gasteiger partial charge in [0.25, 0.3) is 11.6 Å². The smallest absolute Gasteiger partial charge is 0.339 e. The van der Waals surface area contributed by atoms with Gasteiger partial charge in [-0.15, -0.1) is 0 Å². The van der Waals surface area contributed by atoms with E-state index in [2.05, 4.69) is 10.1 Å². The Hall–Kier alpha value is -4.60. The van der Waals surface area contributed by atoms with Crippen molar-refractivity contribution in [2.24, 2.45) is 0 Å². The second-order valence-electron chi connectivity index (χ2n) is 6.71. The van der Waals surface area contributed by atoms with E-state index in [4.69, 9.17) is 4.74 Å². The largest absolute Gasteiger partial charge is 0.465 e. The molecular weight excluding hydrogens is 435 g/mol. The molecule has 0 aliphatic rings. The molecule has 1 atom stereocenters. The Morgan fingerprint density at radius 1 is 0.939 bits per heavy atom. The number of nitro benzene ring substituents is 1. The molecule has 1 amide bonds. The number of non-ortho nitro benzene ring substituents is 1. The molecule has 0 aromatic heterocycles. The van der Waals surface area contributed by atoms with Gasteiger partial charge in [-0.3, -0.25) is 14.9 Å². The third kappa shape index (κ3) is 5.76. The fourth-order valence-corrected chi connectivity index (χ4v) is 2.89. The molecule has 1 N–H and O–H groups in total. The average molecular weight is 452 g/mol. The fraction of sp³-hybridized carbons (Fsp3) is 0.0870. The van der Waals surface area contributed by atoms with Gasteiger partial charge < -0.3 is 14.8 Å². The van der Waals surface area contributed by atoms with Crippen LogP contribution in [0.1, 0.15) is 32.4 Å². The van der Waals surface area contributed by atoms with Crippen molar-refractivity contribution in [1.82, 2.24) is 0 Å². The molecule has 3 rings (SSSR count). The topological polar surface area (TPSA) is 125 Å². The van der Waals surface area contributed by atoms with Crippen LogP contribution in [-0.2, 0) is 14.3 Å². The first kappa shape index (κ1) is 23.1. The van der Waals surface area contributed by atoms with Gasteiger partial charge in [0.15, 0.2) is 0 Å². The number of nitro groups is 1. The van der Waals surface area contributed by atoms with Crippen LogP contribution in [0.25, 0.3) is 0 Å². The van der Waals surface area contributed by atoms with Gasteiger partial charge >= 0.3 is 11.9 Å². The zero-order chi connectivity index (χ0) is 24.0. The maximum Gasteiger partial charge on any atom is 0.339 e. The molecule has 0 heterocycles. The maximum absolute atomic E-state index is 13.1. The third-order valence-electron chi connectivity index (χ3n) is 4.46. The Labute approximate surface area is 186 Å². The van der Waals surface area contributed by atoms with Crippen molar-refractivity contribution in [1.29, 1.82) is 0 Å². The van der Waals surface area contributed by atoms with Gasteiger partial charge in [0.2, 0.25) is 6.10 Å². The van der Waals surface area contributed by atoms with Crippen LogP contribution in [0, 0.1) is 15.9 Å². The van der Waals surface area contributed by atoms with Crippen LogP contribution >= 0.6 is 0 Å². The first-order valence-corrected chi connectivity index (χ1v) is 9.48. The van der Waals surface area contributed by atoms with Crippen LogP contribution in [0.3, 0.4) is 0 Å². The monoisotopic (exact) mass is 452 g/mol. The molecule has 0 aliphatic heterocycles. The summed E-state index contributed by atoms with van der Waals surface area (Å²) in [6.45, 7) is 0. The van der Waals surface area contributed by atoms with Crippen LogP contribution in [0.15, 0.2) is 72.8 Å². The van der Waals surface area contributed by atoms with Gasteiger partial charge in [-0.05, 0) is 30.3 Å². The van der Waals surface area contributed by atoms with E-state index < -0.39 is 40.4 Å². The Morgan fingerprint density at radius 2 is 1.55 bits per heavy atom. The Morgan fingerprint density at radius 3 is 2.12 bits per heavy atom. The molecule has 0 bridgehead atoms. The van der Waals surface area contributed by atoms with Crippen molar-refractivity contribution < 1.29 is 33.2 Å². The van der Waals surface area contributed by atoms with Crippen LogP contribution in [0.5, 0.6) is 0 Å². The number of halogens is 1. The first-order chi connectivity index (χ1) is 15.8.